The minimum atomic E-state index is -0.565. The Kier molecular flexibility index (Phi) is 6.62. The summed E-state index contributed by atoms with van der Waals surface area (Å²) in [6.07, 6.45) is 2.24. The second-order valence-corrected chi connectivity index (χ2v) is 7.79. The number of pyridine rings is 1. The van der Waals surface area contributed by atoms with E-state index in [0.717, 1.165) is 42.0 Å². The Morgan fingerprint density at radius 3 is 2.73 bits per heavy atom. The molecule has 0 amide bonds. The Hall–Kier alpha value is -2.89. The zero-order valence-corrected chi connectivity index (χ0v) is 17.3. The molecule has 1 fully saturated rings. The number of aliphatic hydroxyl groups excluding tert-OH is 1. The van der Waals surface area contributed by atoms with Crippen LogP contribution in [-0.4, -0.2) is 53.4 Å². The Labute approximate surface area is 177 Å². The lowest BCUT2D eigenvalue weighted by molar-refractivity contribution is 0.0720. The van der Waals surface area contributed by atoms with Gasteiger partial charge in [0.05, 0.1) is 0 Å². The third-order valence-electron chi connectivity index (χ3n) is 5.28. The molecule has 0 bridgehead atoms. The maximum Gasteiger partial charge on any atom is 0.213 e. The SMILES string of the molecule is Cc1ccnc(OC2CCN(CC(O)COc3ccccc3-c3ccccc3)C2)c1. The summed E-state index contributed by atoms with van der Waals surface area (Å²) in [5, 5.41) is 10.5. The summed E-state index contributed by atoms with van der Waals surface area (Å²) < 4.78 is 12.0. The average molecular weight is 405 g/mol. The predicted octanol–water partition coefficient (Wildman–Crippen LogP) is 3.95. The molecule has 2 atom stereocenters. The maximum absolute atomic E-state index is 10.5. The number of β-amino-alcohol motifs (C(OH)–C–C–N with tert-alkyl or cyclic N) is 1. The molecule has 2 heterocycles. The van der Waals surface area contributed by atoms with Crippen LogP contribution < -0.4 is 9.47 Å². The molecule has 156 valence electrons. The monoisotopic (exact) mass is 404 g/mol. The summed E-state index contributed by atoms with van der Waals surface area (Å²) in [5.74, 6) is 1.46. The Morgan fingerprint density at radius 1 is 1.10 bits per heavy atom. The van der Waals surface area contributed by atoms with Gasteiger partial charge in [0.2, 0.25) is 5.88 Å². The van der Waals surface area contributed by atoms with Gasteiger partial charge < -0.3 is 14.6 Å². The fraction of sp³-hybridized carbons (Fsp3) is 0.320. The molecule has 30 heavy (non-hydrogen) atoms. The number of hydrogen-bond acceptors (Lipinski definition) is 5. The first-order valence-corrected chi connectivity index (χ1v) is 10.4. The van der Waals surface area contributed by atoms with Gasteiger partial charge in [-0.2, -0.15) is 0 Å². The molecule has 0 saturated carbocycles. The highest BCUT2D eigenvalue weighted by atomic mass is 16.5. The molecule has 4 rings (SSSR count). The van der Waals surface area contributed by atoms with Crippen molar-refractivity contribution < 1.29 is 14.6 Å². The number of nitrogens with zero attached hydrogens (tertiary/aromatic N) is 2. The molecule has 1 aromatic heterocycles. The maximum atomic E-state index is 10.5. The first-order valence-electron chi connectivity index (χ1n) is 10.4. The summed E-state index contributed by atoms with van der Waals surface area (Å²) in [5.41, 5.74) is 3.27. The minimum Gasteiger partial charge on any atom is -0.490 e. The van der Waals surface area contributed by atoms with Crippen LogP contribution in [0, 0.1) is 6.92 Å². The van der Waals surface area contributed by atoms with Crippen LogP contribution in [-0.2, 0) is 0 Å². The highest BCUT2D eigenvalue weighted by Crippen LogP contribution is 2.29. The summed E-state index contributed by atoms with van der Waals surface area (Å²) in [6, 6.07) is 22.0. The molecule has 1 aliphatic heterocycles. The van der Waals surface area contributed by atoms with E-state index < -0.39 is 6.10 Å². The smallest absolute Gasteiger partial charge is 0.213 e. The molecule has 2 aromatic carbocycles. The largest absolute Gasteiger partial charge is 0.490 e. The minimum absolute atomic E-state index is 0.103. The number of para-hydroxylation sites is 1. The molecule has 1 saturated heterocycles. The van der Waals surface area contributed by atoms with E-state index >= 15 is 0 Å². The van der Waals surface area contributed by atoms with Crippen molar-refractivity contribution in [3.05, 3.63) is 78.5 Å². The van der Waals surface area contributed by atoms with Gasteiger partial charge in [-0.1, -0.05) is 48.5 Å². The van der Waals surface area contributed by atoms with Crippen molar-refractivity contribution in [2.24, 2.45) is 0 Å². The zero-order chi connectivity index (χ0) is 20.8. The van der Waals surface area contributed by atoms with Crippen molar-refractivity contribution in [3.8, 4) is 22.8 Å². The lowest BCUT2D eigenvalue weighted by atomic mass is 10.1. The molecular formula is C25H28N2O3. The normalized spacial score (nSPS) is 17.6. The lowest BCUT2D eigenvalue weighted by Gasteiger charge is -2.21. The van der Waals surface area contributed by atoms with Gasteiger partial charge in [0.25, 0.3) is 0 Å². The predicted molar refractivity (Wildman–Crippen MR) is 118 cm³/mol. The van der Waals surface area contributed by atoms with Gasteiger partial charge in [0, 0.05) is 37.5 Å². The number of hydrogen-bond donors (Lipinski definition) is 1. The van der Waals surface area contributed by atoms with Crippen molar-refractivity contribution in [3.63, 3.8) is 0 Å². The first kappa shape index (κ1) is 20.4. The van der Waals surface area contributed by atoms with Crippen LogP contribution in [0.5, 0.6) is 11.6 Å². The van der Waals surface area contributed by atoms with E-state index in [1.54, 1.807) is 6.20 Å². The summed E-state index contributed by atoms with van der Waals surface area (Å²) in [7, 11) is 0. The first-order chi connectivity index (χ1) is 14.7. The van der Waals surface area contributed by atoms with Crippen molar-refractivity contribution >= 4 is 0 Å². The van der Waals surface area contributed by atoms with E-state index in [9.17, 15) is 5.11 Å². The van der Waals surface area contributed by atoms with E-state index in [-0.39, 0.29) is 12.7 Å². The second-order valence-electron chi connectivity index (χ2n) is 7.79. The Bertz CT molecular complexity index is 948. The fourth-order valence-corrected chi connectivity index (χ4v) is 3.79. The third-order valence-corrected chi connectivity index (χ3v) is 5.28. The molecule has 5 heteroatoms. The second kappa shape index (κ2) is 9.74. The molecule has 5 nitrogen and oxygen atoms in total. The van der Waals surface area contributed by atoms with Crippen LogP contribution in [0.15, 0.2) is 72.9 Å². The van der Waals surface area contributed by atoms with E-state index in [1.165, 1.54) is 0 Å². The molecular weight excluding hydrogens is 376 g/mol. The van der Waals surface area contributed by atoms with Crippen LogP contribution in [0.2, 0.25) is 0 Å². The van der Waals surface area contributed by atoms with Gasteiger partial charge in [-0.05, 0) is 36.6 Å². The Morgan fingerprint density at radius 2 is 1.90 bits per heavy atom. The van der Waals surface area contributed by atoms with Gasteiger partial charge >= 0.3 is 0 Å². The standard InChI is InChI=1S/C25H28N2O3/c1-19-11-13-26-25(15-19)30-22-12-14-27(17-22)16-21(28)18-29-24-10-6-5-9-23(24)20-7-3-2-4-8-20/h2-11,13,15,21-22,28H,12,14,16-18H2,1H3. The zero-order valence-electron chi connectivity index (χ0n) is 17.3. The van der Waals surface area contributed by atoms with Gasteiger partial charge in [0.1, 0.15) is 24.6 Å². The van der Waals surface area contributed by atoms with Gasteiger partial charge in [-0.15, -0.1) is 0 Å². The summed E-state index contributed by atoms with van der Waals surface area (Å²) >= 11 is 0. The molecule has 0 spiro atoms. The van der Waals surface area contributed by atoms with E-state index in [4.69, 9.17) is 9.47 Å². The fourth-order valence-electron chi connectivity index (χ4n) is 3.79. The van der Waals surface area contributed by atoms with Gasteiger partial charge in [-0.3, -0.25) is 4.90 Å². The van der Waals surface area contributed by atoms with E-state index in [2.05, 4.69) is 22.0 Å². The highest BCUT2D eigenvalue weighted by Gasteiger charge is 2.26. The average Bonchev–Trinajstić information content (AvgIpc) is 3.19. The third kappa shape index (κ3) is 5.38. The summed E-state index contributed by atoms with van der Waals surface area (Å²) in [6.45, 7) is 4.53. The van der Waals surface area contributed by atoms with Gasteiger partial charge in [-0.25, -0.2) is 4.98 Å². The molecule has 3 aromatic rings. The number of likely N-dealkylation sites (tertiary alicyclic amines) is 1. The number of rotatable bonds is 8. The van der Waals surface area contributed by atoms with Crippen LogP contribution in [0.25, 0.3) is 11.1 Å². The van der Waals surface area contributed by atoms with Crippen molar-refractivity contribution in [2.45, 2.75) is 25.6 Å². The topological polar surface area (TPSA) is 54.8 Å². The Balaban J connectivity index is 1.27. The quantitative estimate of drug-likeness (QED) is 0.616. The molecule has 1 aliphatic rings. The molecule has 0 radical (unpaired) electrons. The number of aliphatic hydroxyl groups is 1. The number of aromatic nitrogens is 1. The lowest BCUT2D eigenvalue weighted by Crippen LogP contribution is -2.35. The van der Waals surface area contributed by atoms with Gasteiger partial charge in [0.15, 0.2) is 0 Å². The number of benzene rings is 2. The molecule has 2 unspecified atom stereocenters. The van der Waals surface area contributed by atoms with Crippen LogP contribution in [0.4, 0.5) is 0 Å². The highest BCUT2D eigenvalue weighted by molar-refractivity contribution is 5.70. The molecule has 0 aliphatic carbocycles. The van der Waals surface area contributed by atoms with Crippen molar-refractivity contribution in [1.29, 1.82) is 0 Å². The number of ether oxygens (including phenoxy) is 2. The van der Waals surface area contributed by atoms with Crippen LogP contribution >= 0.6 is 0 Å². The summed E-state index contributed by atoms with van der Waals surface area (Å²) in [4.78, 5) is 6.49. The molecule has 1 N–H and O–H groups in total. The van der Waals surface area contributed by atoms with Crippen LogP contribution in [0.3, 0.4) is 0 Å². The van der Waals surface area contributed by atoms with Crippen molar-refractivity contribution in [2.75, 3.05) is 26.2 Å². The van der Waals surface area contributed by atoms with Crippen molar-refractivity contribution in [1.82, 2.24) is 9.88 Å². The van der Waals surface area contributed by atoms with E-state index in [0.29, 0.717) is 12.4 Å². The van der Waals surface area contributed by atoms with E-state index in [1.807, 2.05) is 61.5 Å². The number of aryl methyl sites for hydroxylation is 1. The van der Waals surface area contributed by atoms with Crippen LogP contribution in [0.1, 0.15) is 12.0 Å².